The molecule has 0 amide bonds. The van der Waals surface area contributed by atoms with Crippen LogP contribution in [0.1, 0.15) is 6.92 Å². The van der Waals surface area contributed by atoms with Crippen LogP contribution >= 0.6 is 15.9 Å². The van der Waals surface area contributed by atoms with E-state index in [0.717, 1.165) is 12.1 Å². The molecule has 2 N–H and O–H groups in total. The molecule has 0 saturated carbocycles. The SMILES string of the molecule is CCOCCOCC(O)CNc1c(F)cc(F)cc1Br. The van der Waals surface area contributed by atoms with Crippen LogP contribution in [0.25, 0.3) is 0 Å². The summed E-state index contributed by atoms with van der Waals surface area (Å²) in [5.74, 6) is -1.39. The molecule has 0 heterocycles. The van der Waals surface area contributed by atoms with E-state index in [1.165, 1.54) is 0 Å². The second kappa shape index (κ2) is 9.23. The molecule has 7 heteroatoms. The molecule has 0 bridgehead atoms. The maximum atomic E-state index is 13.5. The van der Waals surface area contributed by atoms with E-state index >= 15 is 0 Å². The highest BCUT2D eigenvalue weighted by Crippen LogP contribution is 2.26. The molecule has 0 aliphatic carbocycles. The van der Waals surface area contributed by atoms with Gasteiger partial charge in [-0.25, -0.2) is 8.78 Å². The zero-order chi connectivity index (χ0) is 15.0. The van der Waals surface area contributed by atoms with Gasteiger partial charge in [0, 0.05) is 23.7 Å². The third kappa shape index (κ3) is 6.13. The number of aliphatic hydroxyl groups is 1. The average Bonchev–Trinajstić information content (AvgIpc) is 2.37. The van der Waals surface area contributed by atoms with Gasteiger partial charge in [-0.2, -0.15) is 0 Å². The van der Waals surface area contributed by atoms with Gasteiger partial charge in [-0.15, -0.1) is 0 Å². The summed E-state index contributed by atoms with van der Waals surface area (Å²) in [4.78, 5) is 0. The summed E-state index contributed by atoms with van der Waals surface area (Å²) in [6.07, 6.45) is -0.798. The molecule has 1 unspecified atom stereocenters. The van der Waals surface area contributed by atoms with Crippen LogP contribution in [0.15, 0.2) is 16.6 Å². The van der Waals surface area contributed by atoms with Gasteiger partial charge in [0.1, 0.15) is 11.6 Å². The van der Waals surface area contributed by atoms with Gasteiger partial charge >= 0.3 is 0 Å². The monoisotopic (exact) mass is 353 g/mol. The van der Waals surface area contributed by atoms with Crippen molar-refractivity contribution in [1.82, 2.24) is 0 Å². The molecule has 114 valence electrons. The predicted molar refractivity (Wildman–Crippen MR) is 75.9 cm³/mol. The first-order valence-electron chi connectivity index (χ1n) is 6.26. The van der Waals surface area contributed by atoms with Crippen LogP contribution < -0.4 is 5.32 Å². The fraction of sp³-hybridized carbons (Fsp3) is 0.538. The summed E-state index contributed by atoms with van der Waals surface area (Å²) in [5, 5.41) is 12.4. The lowest BCUT2D eigenvalue weighted by Gasteiger charge is -2.14. The highest BCUT2D eigenvalue weighted by Gasteiger charge is 2.11. The van der Waals surface area contributed by atoms with Crippen molar-refractivity contribution in [2.24, 2.45) is 0 Å². The van der Waals surface area contributed by atoms with Crippen LogP contribution in [0.3, 0.4) is 0 Å². The maximum Gasteiger partial charge on any atom is 0.150 e. The number of hydrogen-bond acceptors (Lipinski definition) is 4. The van der Waals surface area contributed by atoms with E-state index in [1.807, 2.05) is 6.92 Å². The minimum atomic E-state index is -0.798. The van der Waals surface area contributed by atoms with Crippen molar-refractivity contribution in [3.05, 3.63) is 28.2 Å². The summed E-state index contributed by atoms with van der Waals surface area (Å²) in [7, 11) is 0. The zero-order valence-corrected chi connectivity index (χ0v) is 12.8. The number of ether oxygens (including phenoxy) is 2. The van der Waals surface area contributed by atoms with Crippen molar-refractivity contribution in [3.8, 4) is 0 Å². The zero-order valence-electron chi connectivity index (χ0n) is 11.2. The van der Waals surface area contributed by atoms with E-state index in [1.54, 1.807) is 0 Å². The van der Waals surface area contributed by atoms with Gasteiger partial charge < -0.3 is 19.9 Å². The Bertz CT molecular complexity index is 398. The quantitative estimate of drug-likeness (QED) is 0.670. The van der Waals surface area contributed by atoms with Crippen LogP contribution in [0.2, 0.25) is 0 Å². The molecule has 0 fully saturated rings. The van der Waals surface area contributed by atoms with Crippen LogP contribution in [0.5, 0.6) is 0 Å². The van der Waals surface area contributed by atoms with Crippen LogP contribution in [0, 0.1) is 11.6 Å². The molecule has 1 aromatic carbocycles. The van der Waals surface area contributed by atoms with Crippen LogP contribution in [-0.4, -0.2) is 44.2 Å². The van der Waals surface area contributed by atoms with Crippen molar-refractivity contribution in [1.29, 1.82) is 0 Å². The summed E-state index contributed by atoms with van der Waals surface area (Å²) in [6, 6.07) is 1.93. The molecule has 20 heavy (non-hydrogen) atoms. The van der Waals surface area contributed by atoms with Gasteiger partial charge in [0.05, 0.1) is 31.6 Å². The first kappa shape index (κ1) is 17.3. The normalized spacial score (nSPS) is 12.4. The van der Waals surface area contributed by atoms with E-state index in [4.69, 9.17) is 9.47 Å². The smallest absolute Gasteiger partial charge is 0.150 e. The Kier molecular flexibility index (Phi) is 7.98. The Morgan fingerprint density at radius 2 is 2.00 bits per heavy atom. The molecule has 0 radical (unpaired) electrons. The molecule has 0 spiro atoms. The topological polar surface area (TPSA) is 50.7 Å². The van der Waals surface area contributed by atoms with Gasteiger partial charge in [0.25, 0.3) is 0 Å². The van der Waals surface area contributed by atoms with E-state index in [9.17, 15) is 13.9 Å². The summed E-state index contributed by atoms with van der Waals surface area (Å²) in [5.41, 5.74) is 0.111. The number of benzene rings is 1. The van der Waals surface area contributed by atoms with Crippen molar-refractivity contribution in [2.75, 3.05) is 38.3 Å². The lowest BCUT2D eigenvalue weighted by Crippen LogP contribution is -2.26. The second-order valence-electron chi connectivity index (χ2n) is 4.05. The van der Waals surface area contributed by atoms with Gasteiger partial charge in [-0.1, -0.05) is 0 Å². The Morgan fingerprint density at radius 3 is 2.65 bits per heavy atom. The standard InChI is InChI=1S/C13H18BrF2NO3/c1-2-19-3-4-20-8-10(18)7-17-13-11(14)5-9(15)6-12(13)16/h5-6,10,17-18H,2-4,7-8H2,1H3. The predicted octanol–water partition coefficient (Wildman–Crippen LogP) is 2.55. The van der Waals surface area contributed by atoms with Gasteiger partial charge in [0.2, 0.25) is 0 Å². The highest BCUT2D eigenvalue weighted by atomic mass is 79.9. The van der Waals surface area contributed by atoms with E-state index in [0.29, 0.717) is 19.8 Å². The van der Waals surface area contributed by atoms with Crippen molar-refractivity contribution < 1.29 is 23.4 Å². The minimum absolute atomic E-state index is 0.0930. The Hall–Kier alpha value is -0.760. The number of rotatable bonds is 9. The number of hydrogen-bond donors (Lipinski definition) is 2. The maximum absolute atomic E-state index is 13.5. The summed E-state index contributed by atoms with van der Waals surface area (Å²) in [6.45, 7) is 3.56. The van der Waals surface area contributed by atoms with Gasteiger partial charge in [0.15, 0.2) is 0 Å². The molecule has 0 aliphatic rings. The molecular formula is C13H18BrF2NO3. The molecule has 1 atom stereocenters. The Balaban J connectivity index is 2.32. The van der Waals surface area contributed by atoms with Gasteiger partial charge in [-0.3, -0.25) is 0 Å². The van der Waals surface area contributed by atoms with E-state index in [2.05, 4.69) is 21.2 Å². The molecule has 0 saturated heterocycles. The third-order valence-corrected chi connectivity index (χ3v) is 3.03. The summed E-state index contributed by atoms with van der Waals surface area (Å²) < 4.78 is 36.9. The second-order valence-corrected chi connectivity index (χ2v) is 4.91. The fourth-order valence-electron chi connectivity index (χ4n) is 1.47. The number of nitrogens with one attached hydrogen (secondary N) is 1. The lowest BCUT2D eigenvalue weighted by atomic mass is 10.2. The third-order valence-electron chi connectivity index (χ3n) is 2.41. The van der Waals surface area contributed by atoms with Crippen molar-refractivity contribution >= 4 is 21.6 Å². The lowest BCUT2D eigenvalue weighted by molar-refractivity contribution is 0.0103. The first-order valence-corrected chi connectivity index (χ1v) is 7.05. The van der Waals surface area contributed by atoms with Crippen molar-refractivity contribution in [2.45, 2.75) is 13.0 Å². The molecule has 4 nitrogen and oxygen atoms in total. The molecule has 1 aromatic rings. The van der Waals surface area contributed by atoms with Crippen LogP contribution in [-0.2, 0) is 9.47 Å². The Labute approximate surface area is 125 Å². The fourth-order valence-corrected chi connectivity index (χ4v) is 2.02. The van der Waals surface area contributed by atoms with Gasteiger partial charge in [-0.05, 0) is 28.9 Å². The first-order chi connectivity index (χ1) is 9.54. The van der Waals surface area contributed by atoms with E-state index < -0.39 is 17.7 Å². The molecule has 1 rings (SSSR count). The molecule has 0 aliphatic heterocycles. The van der Waals surface area contributed by atoms with Crippen molar-refractivity contribution in [3.63, 3.8) is 0 Å². The van der Waals surface area contributed by atoms with E-state index in [-0.39, 0.29) is 23.3 Å². The highest BCUT2D eigenvalue weighted by molar-refractivity contribution is 9.10. The Morgan fingerprint density at radius 1 is 1.30 bits per heavy atom. The minimum Gasteiger partial charge on any atom is -0.389 e. The molecular weight excluding hydrogens is 336 g/mol. The number of anilines is 1. The average molecular weight is 354 g/mol. The molecule has 0 aromatic heterocycles. The largest absolute Gasteiger partial charge is 0.389 e. The summed E-state index contributed by atoms with van der Waals surface area (Å²) >= 11 is 3.06. The van der Waals surface area contributed by atoms with Crippen LogP contribution in [0.4, 0.5) is 14.5 Å². The number of halogens is 3. The number of aliphatic hydroxyl groups excluding tert-OH is 1.